The first-order valence-electron chi connectivity index (χ1n) is 4.79. The van der Waals surface area contributed by atoms with Crippen molar-refractivity contribution in [3.63, 3.8) is 0 Å². The molecule has 3 N–H and O–H groups in total. The number of nitrogens with two attached hydrogens (primary N) is 1. The Balaban J connectivity index is 1.98. The van der Waals surface area contributed by atoms with E-state index in [4.69, 9.17) is 5.73 Å². The summed E-state index contributed by atoms with van der Waals surface area (Å²) in [4.78, 5) is 4.21. The Bertz CT molecular complexity index is 260. The SMILES string of the molecule is NC1CCCC1Nc1ccccn1. The maximum atomic E-state index is 5.94. The van der Waals surface area contributed by atoms with E-state index in [0.717, 1.165) is 18.7 Å². The van der Waals surface area contributed by atoms with Gasteiger partial charge in [-0.25, -0.2) is 4.98 Å². The molecular formula is C10H15N3. The van der Waals surface area contributed by atoms with Crippen LogP contribution in [0.15, 0.2) is 24.4 Å². The molecule has 0 aliphatic heterocycles. The zero-order valence-corrected chi connectivity index (χ0v) is 7.61. The van der Waals surface area contributed by atoms with E-state index < -0.39 is 0 Å². The molecule has 0 saturated heterocycles. The molecule has 70 valence electrons. The van der Waals surface area contributed by atoms with Crippen molar-refractivity contribution in [3.05, 3.63) is 24.4 Å². The second-order valence-corrected chi connectivity index (χ2v) is 3.56. The number of nitrogens with zero attached hydrogens (tertiary/aromatic N) is 1. The van der Waals surface area contributed by atoms with Crippen molar-refractivity contribution in [1.82, 2.24) is 4.98 Å². The molecule has 1 fully saturated rings. The quantitative estimate of drug-likeness (QED) is 0.717. The molecule has 0 radical (unpaired) electrons. The predicted octanol–water partition coefficient (Wildman–Crippen LogP) is 1.37. The minimum atomic E-state index is 0.294. The predicted molar refractivity (Wildman–Crippen MR) is 53.5 cm³/mol. The Morgan fingerprint density at radius 1 is 1.38 bits per heavy atom. The van der Waals surface area contributed by atoms with Gasteiger partial charge in [0, 0.05) is 18.3 Å². The van der Waals surface area contributed by atoms with Crippen molar-refractivity contribution in [3.8, 4) is 0 Å². The van der Waals surface area contributed by atoms with Crippen LogP contribution in [0.5, 0.6) is 0 Å². The maximum absolute atomic E-state index is 5.94. The summed E-state index contributed by atoms with van der Waals surface area (Å²) in [5.41, 5.74) is 5.94. The van der Waals surface area contributed by atoms with E-state index in [1.807, 2.05) is 18.2 Å². The van der Waals surface area contributed by atoms with Crippen LogP contribution < -0.4 is 11.1 Å². The van der Waals surface area contributed by atoms with E-state index in [0.29, 0.717) is 12.1 Å². The van der Waals surface area contributed by atoms with Gasteiger partial charge in [-0.1, -0.05) is 6.07 Å². The van der Waals surface area contributed by atoms with Gasteiger partial charge in [0.25, 0.3) is 0 Å². The third kappa shape index (κ3) is 1.98. The van der Waals surface area contributed by atoms with Gasteiger partial charge in [-0.15, -0.1) is 0 Å². The maximum Gasteiger partial charge on any atom is 0.126 e. The average Bonchev–Trinajstić information content (AvgIpc) is 2.54. The Morgan fingerprint density at radius 2 is 2.31 bits per heavy atom. The average molecular weight is 177 g/mol. The molecule has 1 aromatic heterocycles. The lowest BCUT2D eigenvalue weighted by Crippen LogP contribution is -2.35. The zero-order valence-electron chi connectivity index (χ0n) is 7.61. The number of anilines is 1. The second-order valence-electron chi connectivity index (χ2n) is 3.56. The van der Waals surface area contributed by atoms with Crippen molar-refractivity contribution in [2.45, 2.75) is 31.3 Å². The smallest absolute Gasteiger partial charge is 0.126 e. The van der Waals surface area contributed by atoms with Crippen LogP contribution in [-0.4, -0.2) is 17.1 Å². The number of hydrogen-bond acceptors (Lipinski definition) is 3. The van der Waals surface area contributed by atoms with Gasteiger partial charge < -0.3 is 11.1 Å². The van der Waals surface area contributed by atoms with Crippen LogP contribution in [0.2, 0.25) is 0 Å². The molecule has 3 nitrogen and oxygen atoms in total. The molecule has 2 rings (SSSR count). The number of nitrogens with one attached hydrogen (secondary N) is 1. The zero-order chi connectivity index (χ0) is 9.10. The minimum absolute atomic E-state index is 0.294. The Kier molecular flexibility index (Phi) is 2.45. The molecule has 1 heterocycles. The summed E-state index contributed by atoms with van der Waals surface area (Å²) in [5.74, 6) is 0.935. The highest BCUT2D eigenvalue weighted by Gasteiger charge is 2.23. The summed E-state index contributed by atoms with van der Waals surface area (Å²) >= 11 is 0. The Hall–Kier alpha value is -1.09. The summed E-state index contributed by atoms with van der Waals surface area (Å²) in [6, 6.07) is 6.58. The molecule has 1 saturated carbocycles. The van der Waals surface area contributed by atoms with Gasteiger partial charge >= 0.3 is 0 Å². The summed E-state index contributed by atoms with van der Waals surface area (Å²) in [7, 11) is 0. The number of aromatic nitrogens is 1. The van der Waals surface area contributed by atoms with Crippen molar-refractivity contribution >= 4 is 5.82 Å². The minimum Gasteiger partial charge on any atom is -0.366 e. The van der Waals surface area contributed by atoms with Crippen molar-refractivity contribution in [2.24, 2.45) is 5.73 Å². The van der Waals surface area contributed by atoms with Crippen molar-refractivity contribution in [2.75, 3.05) is 5.32 Å². The van der Waals surface area contributed by atoms with E-state index in [-0.39, 0.29) is 0 Å². The molecule has 0 bridgehead atoms. The summed E-state index contributed by atoms with van der Waals surface area (Å²) in [6.07, 6.45) is 5.32. The number of pyridine rings is 1. The van der Waals surface area contributed by atoms with Gasteiger partial charge in [-0.05, 0) is 31.4 Å². The molecule has 1 aliphatic rings. The summed E-state index contributed by atoms with van der Waals surface area (Å²) in [6.45, 7) is 0. The van der Waals surface area contributed by atoms with E-state index >= 15 is 0 Å². The standard InChI is InChI=1S/C10H15N3/c11-8-4-3-5-9(8)13-10-6-1-2-7-12-10/h1-2,6-9H,3-5,11H2,(H,12,13). The number of hydrogen-bond donors (Lipinski definition) is 2. The molecular weight excluding hydrogens is 162 g/mol. The molecule has 13 heavy (non-hydrogen) atoms. The van der Waals surface area contributed by atoms with Crippen LogP contribution in [0.25, 0.3) is 0 Å². The molecule has 2 atom stereocenters. The van der Waals surface area contributed by atoms with Gasteiger partial charge in [0.1, 0.15) is 5.82 Å². The first-order valence-corrected chi connectivity index (χ1v) is 4.79. The molecule has 2 unspecified atom stereocenters. The topological polar surface area (TPSA) is 50.9 Å². The Labute approximate surface area is 78.4 Å². The highest BCUT2D eigenvalue weighted by molar-refractivity contribution is 5.35. The van der Waals surface area contributed by atoms with Gasteiger partial charge in [-0.3, -0.25) is 0 Å². The first-order chi connectivity index (χ1) is 6.36. The van der Waals surface area contributed by atoms with Crippen LogP contribution >= 0.6 is 0 Å². The summed E-state index contributed by atoms with van der Waals surface area (Å²) < 4.78 is 0. The van der Waals surface area contributed by atoms with Crippen LogP contribution in [-0.2, 0) is 0 Å². The fourth-order valence-corrected chi connectivity index (χ4v) is 1.81. The molecule has 1 aromatic rings. The molecule has 0 spiro atoms. The Morgan fingerprint density at radius 3 is 2.92 bits per heavy atom. The lowest BCUT2D eigenvalue weighted by Gasteiger charge is -2.17. The molecule has 1 aliphatic carbocycles. The highest BCUT2D eigenvalue weighted by atomic mass is 15.0. The molecule has 3 heteroatoms. The monoisotopic (exact) mass is 177 g/mol. The molecule has 0 aromatic carbocycles. The molecule has 0 amide bonds. The third-order valence-corrected chi connectivity index (χ3v) is 2.57. The van der Waals surface area contributed by atoms with Crippen LogP contribution in [0.1, 0.15) is 19.3 Å². The van der Waals surface area contributed by atoms with Crippen molar-refractivity contribution < 1.29 is 0 Å². The van der Waals surface area contributed by atoms with E-state index in [1.54, 1.807) is 6.20 Å². The van der Waals surface area contributed by atoms with Crippen LogP contribution in [0, 0.1) is 0 Å². The fourth-order valence-electron chi connectivity index (χ4n) is 1.81. The van der Waals surface area contributed by atoms with E-state index in [1.165, 1.54) is 6.42 Å². The van der Waals surface area contributed by atoms with Crippen molar-refractivity contribution in [1.29, 1.82) is 0 Å². The lowest BCUT2D eigenvalue weighted by atomic mass is 10.2. The van der Waals surface area contributed by atoms with E-state index in [9.17, 15) is 0 Å². The lowest BCUT2D eigenvalue weighted by molar-refractivity contribution is 0.635. The first kappa shape index (κ1) is 8.51. The van der Waals surface area contributed by atoms with Crippen LogP contribution in [0.4, 0.5) is 5.82 Å². The normalized spacial score (nSPS) is 27.5. The fraction of sp³-hybridized carbons (Fsp3) is 0.500. The third-order valence-electron chi connectivity index (χ3n) is 2.57. The highest BCUT2D eigenvalue weighted by Crippen LogP contribution is 2.20. The van der Waals surface area contributed by atoms with Crippen LogP contribution in [0.3, 0.4) is 0 Å². The van der Waals surface area contributed by atoms with Gasteiger partial charge in [0.15, 0.2) is 0 Å². The van der Waals surface area contributed by atoms with Gasteiger partial charge in [0.05, 0.1) is 0 Å². The van der Waals surface area contributed by atoms with Gasteiger partial charge in [0.2, 0.25) is 0 Å². The van der Waals surface area contributed by atoms with Gasteiger partial charge in [-0.2, -0.15) is 0 Å². The van der Waals surface area contributed by atoms with E-state index in [2.05, 4.69) is 10.3 Å². The largest absolute Gasteiger partial charge is 0.366 e. The summed E-state index contributed by atoms with van der Waals surface area (Å²) in [5, 5.41) is 3.35. The second kappa shape index (κ2) is 3.75. The number of rotatable bonds is 2.